The number of ether oxygens (including phenoxy) is 1. The summed E-state index contributed by atoms with van der Waals surface area (Å²) in [6, 6.07) is 7.04. The van der Waals surface area contributed by atoms with Gasteiger partial charge >= 0.3 is 0 Å². The van der Waals surface area contributed by atoms with Crippen molar-refractivity contribution < 1.29 is 19.1 Å². The first kappa shape index (κ1) is 22.9. The van der Waals surface area contributed by atoms with Crippen molar-refractivity contribution in [3.8, 4) is 5.75 Å². The van der Waals surface area contributed by atoms with Gasteiger partial charge in [0, 0.05) is 29.2 Å². The average molecular weight is 441 g/mol. The van der Waals surface area contributed by atoms with Gasteiger partial charge in [0.1, 0.15) is 23.5 Å². The summed E-state index contributed by atoms with van der Waals surface area (Å²) in [6.07, 6.45) is 2.11. The largest absolute Gasteiger partial charge is 0.496 e. The van der Waals surface area contributed by atoms with Crippen LogP contribution in [0.15, 0.2) is 36.5 Å². The maximum absolute atomic E-state index is 13.0. The Hall–Kier alpha value is -3.82. The third kappa shape index (κ3) is 5.45. The summed E-state index contributed by atoms with van der Waals surface area (Å²) in [5.41, 5.74) is 7.18. The maximum Gasteiger partial charge on any atom is 0.268 e. The van der Waals surface area contributed by atoms with Gasteiger partial charge in [-0.3, -0.25) is 19.5 Å². The van der Waals surface area contributed by atoms with Crippen LogP contribution in [0, 0.1) is 5.92 Å². The predicted molar refractivity (Wildman–Crippen MR) is 119 cm³/mol. The Morgan fingerprint density at radius 1 is 1.16 bits per heavy atom. The summed E-state index contributed by atoms with van der Waals surface area (Å²) in [6.45, 7) is 3.88. The Morgan fingerprint density at radius 2 is 1.94 bits per heavy atom. The first-order chi connectivity index (χ1) is 15.3. The number of hydrogen-bond donors (Lipinski definition) is 5. The van der Waals surface area contributed by atoms with Crippen LogP contribution in [0.25, 0.3) is 10.9 Å². The molecular weight excluding hydrogens is 412 g/mol. The molecule has 2 atom stereocenters. The molecule has 170 valence electrons. The van der Waals surface area contributed by atoms with Crippen molar-refractivity contribution in [3.05, 3.63) is 47.9 Å². The molecule has 0 fully saturated rings. The molecule has 10 heteroatoms. The van der Waals surface area contributed by atoms with E-state index in [4.69, 9.17) is 10.5 Å². The molecule has 3 aromatic rings. The number of carbonyl (C=O) groups excluding carboxylic acids is 3. The Labute approximate surface area is 185 Å². The molecule has 3 rings (SSSR count). The standard InChI is InChI=1S/C22H28N6O4/c1-12(2)9-17(21(30)26-16(20(23)29)10-13-7-8-24-28-13)27-22(31)18-11-14-15(25-18)5-4-6-19(14)32-3/h4-8,11-12,16-17,25H,9-10H2,1-3H3,(H2,23,29)(H,24,28)(H,26,30)(H,27,31)/t16?,17-/m0/s1. The highest BCUT2D eigenvalue weighted by Gasteiger charge is 2.27. The van der Waals surface area contributed by atoms with Gasteiger partial charge in [0.25, 0.3) is 5.91 Å². The summed E-state index contributed by atoms with van der Waals surface area (Å²) in [5.74, 6) is -0.839. The van der Waals surface area contributed by atoms with Gasteiger partial charge in [-0.05, 0) is 36.6 Å². The first-order valence-electron chi connectivity index (χ1n) is 10.3. The van der Waals surface area contributed by atoms with Crippen molar-refractivity contribution in [2.45, 2.75) is 38.8 Å². The average Bonchev–Trinajstić information content (AvgIpc) is 3.41. The molecule has 0 saturated heterocycles. The molecule has 0 bridgehead atoms. The summed E-state index contributed by atoms with van der Waals surface area (Å²) in [4.78, 5) is 40.8. The fourth-order valence-electron chi connectivity index (χ4n) is 3.48. The lowest BCUT2D eigenvalue weighted by Gasteiger charge is -2.22. The third-order valence-corrected chi connectivity index (χ3v) is 5.06. The van der Waals surface area contributed by atoms with Crippen LogP contribution in [0.4, 0.5) is 0 Å². The van der Waals surface area contributed by atoms with Crippen molar-refractivity contribution in [1.82, 2.24) is 25.8 Å². The van der Waals surface area contributed by atoms with Crippen LogP contribution in [-0.2, 0) is 16.0 Å². The molecule has 0 aliphatic heterocycles. The normalized spacial score (nSPS) is 13.0. The minimum absolute atomic E-state index is 0.119. The summed E-state index contributed by atoms with van der Waals surface area (Å²) >= 11 is 0. The van der Waals surface area contributed by atoms with Crippen LogP contribution in [0.5, 0.6) is 5.75 Å². The lowest BCUT2D eigenvalue weighted by Crippen LogP contribution is -2.54. The van der Waals surface area contributed by atoms with E-state index in [1.807, 2.05) is 26.0 Å². The van der Waals surface area contributed by atoms with Gasteiger partial charge in [-0.1, -0.05) is 19.9 Å². The molecule has 0 radical (unpaired) electrons. The number of amides is 3. The number of aromatic nitrogens is 3. The zero-order valence-corrected chi connectivity index (χ0v) is 18.3. The number of hydrogen-bond acceptors (Lipinski definition) is 5. The van der Waals surface area contributed by atoms with E-state index in [9.17, 15) is 14.4 Å². The highest BCUT2D eigenvalue weighted by atomic mass is 16.5. The monoisotopic (exact) mass is 440 g/mol. The predicted octanol–water partition coefficient (Wildman–Crippen LogP) is 1.26. The van der Waals surface area contributed by atoms with Crippen LogP contribution in [-0.4, -0.2) is 52.1 Å². The molecular formula is C22H28N6O4. The SMILES string of the molecule is COc1cccc2[nH]c(C(=O)N[C@@H](CC(C)C)C(=O)NC(Cc3ccn[nH]3)C(N)=O)cc12. The Morgan fingerprint density at radius 3 is 2.56 bits per heavy atom. The van der Waals surface area contributed by atoms with Crippen LogP contribution in [0.2, 0.25) is 0 Å². The smallest absolute Gasteiger partial charge is 0.268 e. The number of primary amides is 1. The molecule has 2 heterocycles. The second kappa shape index (κ2) is 9.99. The molecule has 10 nitrogen and oxygen atoms in total. The van der Waals surface area contributed by atoms with E-state index in [0.717, 1.165) is 10.9 Å². The van der Waals surface area contributed by atoms with Gasteiger partial charge in [0.05, 0.1) is 7.11 Å². The van der Waals surface area contributed by atoms with Gasteiger partial charge in [-0.25, -0.2) is 0 Å². The third-order valence-electron chi connectivity index (χ3n) is 5.06. The number of nitrogens with zero attached hydrogens (tertiary/aromatic N) is 1. The molecule has 2 aromatic heterocycles. The summed E-state index contributed by atoms with van der Waals surface area (Å²) < 4.78 is 5.34. The van der Waals surface area contributed by atoms with Crippen molar-refractivity contribution in [2.24, 2.45) is 11.7 Å². The van der Waals surface area contributed by atoms with Crippen LogP contribution in [0.3, 0.4) is 0 Å². The second-order valence-electron chi connectivity index (χ2n) is 8.01. The summed E-state index contributed by atoms with van der Waals surface area (Å²) in [5, 5.41) is 12.8. The number of aromatic amines is 2. The fourth-order valence-corrected chi connectivity index (χ4v) is 3.48. The van der Waals surface area contributed by atoms with E-state index in [1.54, 1.807) is 31.5 Å². The minimum Gasteiger partial charge on any atom is -0.496 e. The molecule has 0 saturated carbocycles. The van der Waals surface area contributed by atoms with E-state index >= 15 is 0 Å². The number of nitrogens with one attached hydrogen (secondary N) is 4. The van der Waals surface area contributed by atoms with Crippen molar-refractivity contribution in [1.29, 1.82) is 0 Å². The number of carbonyl (C=O) groups is 3. The summed E-state index contributed by atoms with van der Waals surface area (Å²) in [7, 11) is 1.56. The van der Waals surface area contributed by atoms with Crippen LogP contribution >= 0.6 is 0 Å². The van der Waals surface area contributed by atoms with E-state index in [1.165, 1.54) is 0 Å². The second-order valence-corrected chi connectivity index (χ2v) is 8.01. The molecule has 32 heavy (non-hydrogen) atoms. The van der Waals surface area contributed by atoms with E-state index in [-0.39, 0.29) is 12.3 Å². The lowest BCUT2D eigenvalue weighted by molar-refractivity contribution is -0.128. The molecule has 0 aliphatic carbocycles. The Kier molecular flexibility index (Phi) is 7.14. The number of nitrogens with two attached hydrogens (primary N) is 1. The molecule has 0 spiro atoms. The number of methoxy groups -OCH3 is 1. The zero-order valence-electron chi connectivity index (χ0n) is 18.3. The van der Waals surface area contributed by atoms with Crippen molar-refractivity contribution in [3.63, 3.8) is 0 Å². The van der Waals surface area contributed by atoms with E-state index in [0.29, 0.717) is 23.6 Å². The van der Waals surface area contributed by atoms with Crippen molar-refractivity contribution >= 4 is 28.6 Å². The highest BCUT2D eigenvalue weighted by molar-refractivity contribution is 6.01. The topological polar surface area (TPSA) is 155 Å². The van der Waals surface area contributed by atoms with Gasteiger partial charge in [0.15, 0.2) is 0 Å². The number of benzene rings is 1. The lowest BCUT2D eigenvalue weighted by atomic mass is 10.0. The first-order valence-corrected chi connectivity index (χ1v) is 10.3. The Balaban J connectivity index is 1.75. The van der Waals surface area contributed by atoms with Gasteiger partial charge in [-0.2, -0.15) is 5.10 Å². The maximum atomic E-state index is 13.0. The van der Waals surface area contributed by atoms with E-state index < -0.39 is 29.8 Å². The molecule has 1 unspecified atom stereocenters. The fraction of sp³-hybridized carbons (Fsp3) is 0.364. The molecule has 3 amide bonds. The van der Waals surface area contributed by atoms with Crippen LogP contribution in [0.1, 0.15) is 36.5 Å². The minimum atomic E-state index is -0.938. The van der Waals surface area contributed by atoms with Gasteiger partial charge < -0.3 is 26.1 Å². The Bertz CT molecular complexity index is 1090. The van der Waals surface area contributed by atoms with Gasteiger partial charge in [-0.15, -0.1) is 0 Å². The quantitative estimate of drug-likeness (QED) is 0.321. The molecule has 1 aromatic carbocycles. The highest BCUT2D eigenvalue weighted by Crippen LogP contribution is 2.26. The van der Waals surface area contributed by atoms with Crippen molar-refractivity contribution in [2.75, 3.05) is 7.11 Å². The zero-order chi connectivity index (χ0) is 23.3. The van der Waals surface area contributed by atoms with Crippen LogP contribution < -0.4 is 21.1 Å². The molecule has 6 N–H and O–H groups in total. The number of H-pyrrole nitrogens is 2. The number of rotatable bonds is 10. The van der Waals surface area contributed by atoms with Gasteiger partial charge in [0.2, 0.25) is 11.8 Å². The van der Waals surface area contributed by atoms with E-state index in [2.05, 4.69) is 25.8 Å². The molecule has 0 aliphatic rings. The number of fused-ring (bicyclic) bond motifs is 1.